The first-order chi connectivity index (χ1) is 11.4. The largest absolute Gasteiger partial charge is 0.370 e. The van der Waals surface area contributed by atoms with Gasteiger partial charge in [0.1, 0.15) is 5.69 Å². The minimum atomic E-state index is -0.339. The summed E-state index contributed by atoms with van der Waals surface area (Å²) in [5.74, 6) is -0.0721. The van der Waals surface area contributed by atoms with Gasteiger partial charge in [-0.3, -0.25) is 10.1 Å². The maximum absolute atomic E-state index is 12.3. The number of aromatic nitrogens is 2. The highest BCUT2D eigenvalue weighted by atomic mass is 32.1. The molecule has 124 valence electrons. The first kappa shape index (κ1) is 16.3. The van der Waals surface area contributed by atoms with Gasteiger partial charge in [0.15, 0.2) is 11.1 Å². The second-order valence-electron chi connectivity index (χ2n) is 5.37. The normalized spacial score (nSPS) is 11.0. The van der Waals surface area contributed by atoms with Crippen molar-refractivity contribution in [2.75, 3.05) is 5.32 Å². The first-order valence-corrected chi connectivity index (χ1v) is 8.89. The molecule has 1 amide bonds. The summed E-state index contributed by atoms with van der Waals surface area (Å²) in [6, 6.07) is 6.05. The van der Waals surface area contributed by atoms with Crippen molar-refractivity contribution in [2.24, 2.45) is 16.5 Å². The summed E-state index contributed by atoms with van der Waals surface area (Å²) in [5.41, 5.74) is 12.9. The zero-order chi connectivity index (χ0) is 17.3. The predicted octanol–water partition coefficient (Wildman–Crippen LogP) is 3.03. The van der Waals surface area contributed by atoms with Gasteiger partial charge in [-0.2, -0.15) is 4.99 Å². The second-order valence-corrected chi connectivity index (χ2v) is 7.24. The molecule has 0 aliphatic carbocycles. The summed E-state index contributed by atoms with van der Waals surface area (Å²) >= 11 is 2.63. The van der Waals surface area contributed by atoms with E-state index < -0.39 is 0 Å². The van der Waals surface area contributed by atoms with Gasteiger partial charge < -0.3 is 11.5 Å². The quantitative estimate of drug-likeness (QED) is 0.488. The van der Waals surface area contributed by atoms with Crippen LogP contribution in [0.4, 0.5) is 10.3 Å². The van der Waals surface area contributed by atoms with Crippen LogP contribution in [0, 0.1) is 0 Å². The molecule has 0 radical (unpaired) electrons. The predicted molar refractivity (Wildman–Crippen MR) is 99.2 cm³/mol. The minimum absolute atomic E-state index is 0.0938. The van der Waals surface area contributed by atoms with E-state index in [1.807, 2.05) is 12.1 Å². The Morgan fingerprint density at radius 2 is 2.08 bits per heavy atom. The number of hydrogen-bond donors (Lipinski definition) is 3. The van der Waals surface area contributed by atoms with Crippen LogP contribution in [0.5, 0.6) is 0 Å². The third kappa shape index (κ3) is 3.36. The van der Waals surface area contributed by atoms with Crippen molar-refractivity contribution in [3.63, 3.8) is 0 Å². The highest BCUT2D eigenvalue weighted by Crippen LogP contribution is 2.31. The number of rotatable bonds is 4. The SMILES string of the molecule is CC(C)c1cccc2sc(NC(=O)c3csc(N=C(N)N)n3)nc12. The Kier molecular flexibility index (Phi) is 4.45. The molecule has 2 aromatic heterocycles. The Hall–Kier alpha value is -2.52. The molecule has 0 aliphatic rings. The maximum atomic E-state index is 12.3. The molecule has 3 rings (SSSR count). The molecular weight excluding hydrogens is 344 g/mol. The third-order valence-electron chi connectivity index (χ3n) is 3.24. The lowest BCUT2D eigenvalue weighted by Gasteiger charge is -2.04. The number of hydrogen-bond acceptors (Lipinski definition) is 6. The molecule has 1 aromatic carbocycles. The van der Waals surface area contributed by atoms with Crippen molar-refractivity contribution < 1.29 is 4.79 Å². The number of thiazole rings is 2. The summed E-state index contributed by atoms with van der Waals surface area (Å²) < 4.78 is 1.04. The maximum Gasteiger partial charge on any atom is 0.276 e. The van der Waals surface area contributed by atoms with Crippen molar-refractivity contribution >= 4 is 55.0 Å². The monoisotopic (exact) mass is 360 g/mol. The molecule has 0 aliphatic heterocycles. The zero-order valence-corrected chi connectivity index (χ0v) is 14.7. The number of anilines is 1. The third-order valence-corrected chi connectivity index (χ3v) is 4.91. The van der Waals surface area contributed by atoms with E-state index in [2.05, 4.69) is 40.2 Å². The standard InChI is InChI=1S/C15H16N6OS2/c1-7(2)8-4-3-5-10-11(8)19-15(24-10)20-12(22)9-6-23-14(18-9)21-13(16)17/h3-7H,1-2H3,(H,19,20,22)(H4,16,17,18,21). The van der Waals surface area contributed by atoms with Gasteiger partial charge in [-0.25, -0.2) is 9.97 Å². The Morgan fingerprint density at radius 1 is 1.29 bits per heavy atom. The molecular formula is C15H16N6OS2. The number of nitrogens with zero attached hydrogens (tertiary/aromatic N) is 3. The number of benzene rings is 1. The van der Waals surface area contributed by atoms with E-state index in [-0.39, 0.29) is 17.6 Å². The summed E-state index contributed by atoms with van der Waals surface area (Å²) in [7, 11) is 0. The molecule has 2 heterocycles. The van der Waals surface area contributed by atoms with Gasteiger partial charge in [-0.1, -0.05) is 37.3 Å². The summed E-state index contributed by atoms with van der Waals surface area (Å²) in [6.07, 6.45) is 0. The van der Waals surface area contributed by atoms with Crippen molar-refractivity contribution in [1.82, 2.24) is 9.97 Å². The van der Waals surface area contributed by atoms with Crippen LogP contribution in [0.15, 0.2) is 28.6 Å². The van der Waals surface area contributed by atoms with E-state index in [1.165, 1.54) is 22.7 Å². The zero-order valence-electron chi connectivity index (χ0n) is 13.1. The highest BCUT2D eigenvalue weighted by molar-refractivity contribution is 7.22. The molecule has 3 aromatic rings. The number of nitrogens with one attached hydrogen (secondary N) is 1. The number of guanidine groups is 1. The molecule has 0 bridgehead atoms. The van der Waals surface area contributed by atoms with E-state index in [0.717, 1.165) is 15.8 Å². The second kappa shape index (κ2) is 6.54. The fraction of sp³-hybridized carbons (Fsp3) is 0.200. The van der Waals surface area contributed by atoms with Crippen molar-refractivity contribution in [3.8, 4) is 0 Å². The van der Waals surface area contributed by atoms with Crippen LogP contribution in [-0.4, -0.2) is 21.8 Å². The number of carbonyl (C=O) groups is 1. The average molecular weight is 360 g/mol. The summed E-state index contributed by atoms with van der Waals surface area (Å²) in [6.45, 7) is 4.24. The molecule has 7 nitrogen and oxygen atoms in total. The highest BCUT2D eigenvalue weighted by Gasteiger charge is 2.15. The summed E-state index contributed by atoms with van der Waals surface area (Å²) in [5, 5.41) is 5.26. The van der Waals surface area contributed by atoms with E-state index in [9.17, 15) is 4.79 Å². The molecule has 0 atom stereocenters. The molecule has 24 heavy (non-hydrogen) atoms. The van der Waals surface area contributed by atoms with Crippen LogP contribution in [0.25, 0.3) is 10.2 Å². The van der Waals surface area contributed by atoms with E-state index in [4.69, 9.17) is 11.5 Å². The molecule has 9 heteroatoms. The van der Waals surface area contributed by atoms with E-state index in [1.54, 1.807) is 5.38 Å². The molecule has 0 saturated carbocycles. The van der Waals surface area contributed by atoms with Crippen LogP contribution in [-0.2, 0) is 0 Å². The van der Waals surface area contributed by atoms with Gasteiger partial charge in [0.05, 0.1) is 10.2 Å². The van der Waals surface area contributed by atoms with E-state index >= 15 is 0 Å². The van der Waals surface area contributed by atoms with Gasteiger partial charge in [0.2, 0.25) is 5.13 Å². The number of fused-ring (bicyclic) bond motifs is 1. The van der Waals surface area contributed by atoms with Crippen molar-refractivity contribution in [3.05, 3.63) is 34.8 Å². The van der Waals surface area contributed by atoms with Gasteiger partial charge in [0.25, 0.3) is 5.91 Å². The Balaban J connectivity index is 1.84. The molecule has 0 unspecified atom stereocenters. The number of carbonyl (C=O) groups excluding carboxylic acids is 1. The topological polar surface area (TPSA) is 119 Å². The number of nitrogens with two attached hydrogens (primary N) is 2. The van der Waals surface area contributed by atoms with E-state index in [0.29, 0.717) is 16.2 Å². The minimum Gasteiger partial charge on any atom is -0.370 e. The Labute approximate surface area is 146 Å². The van der Waals surface area contributed by atoms with Crippen molar-refractivity contribution in [2.45, 2.75) is 19.8 Å². The molecule has 5 N–H and O–H groups in total. The molecule has 0 spiro atoms. The lowest BCUT2D eigenvalue weighted by Crippen LogP contribution is -2.21. The first-order valence-electron chi connectivity index (χ1n) is 7.20. The Bertz CT molecular complexity index is 923. The van der Waals surface area contributed by atoms with Gasteiger partial charge in [-0.05, 0) is 17.5 Å². The lowest BCUT2D eigenvalue weighted by molar-refractivity contribution is 0.102. The average Bonchev–Trinajstić information content (AvgIpc) is 3.11. The van der Waals surface area contributed by atoms with Crippen LogP contribution >= 0.6 is 22.7 Å². The van der Waals surface area contributed by atoms with Crippen LogP contribution in [0.1, 0.15) is 35.8 Å². The van der Waals surface area contributed by atoms with Crippen molar-refractivity contribution in [1.29, 1.82) is 0 Å². The summed E-state index contributed by atoms with van der Waals surface area (Å²) in [4.78, 5) is 24.8. The smallest absolute Gasteiger partial charge is 0.276 e. The Morgan fingerprint density at radius 3 is 2.79 bits per heavy atom. The van der Waals surface area contributed by atoms with Crippen LogP contribution in [0.2, 0.25) is 0 Å². The number of para-hydroxylation sites is 1. The van der Waals surface area contributed by atoms with Gasteiger partial charge in [-0.15, -0.1) is 11.3 Å². The van der Waals surface area contributed by atoms with Crippen LogP contribution < -0.4 is 16.8 Å². The fourth-order valence-electron chi connectivity index (χ4n) is 2.18. The number of amides is 1. The van der Waals surface area contributed by atoms with Gasteiger partial charge in [0, 0.05) is 5.38 Å². The fourth-order valence-corrected chi connectivity index (χ4v) is 3.76. The van der Waals surface area contributed by atoms with Gasteiger partial charge >= 0.3 is 0 Å². The lowest BCUT2D eigenvalue weighted by atomic mass is 10.0. The molecule has 0 saturated heterocycles. The molecule has 0 fully saturated rings. The number of aliphatic imine (C=N–C) groups is 1. The van der Waals surface area contributed by atoms with Crippen LogP contribution in [0.3, 0.4) is 0 Å².